The number of halogens is 2. The van der Waals surface area contributed by atoms with Gasteiger partial charge in [-0.3, -0.25) is 9.59 Å². The molecule has 0 saturated carbocycles. The first-order valence-electron chi connectivity index (χ1n) is 5.59. The van der Waals surface area contributed by atoms with Gasteiger partial charge >= 0.3 is 0 Å². The maximum Gasteiger partial charge on any atom is 0.254 e. The quantitative estimate of drug-likeness (QED) is 0.855. The van der Waals surface area contributed by atoms with Crippen LogP contribution in [0.2, 0.25) is 5.02 Å². The molecule has 1 aliphatic heterocycles. The largest absolute Gasteiger partial charge is 0.354 e. The third-order valence-electron chi connectivity index (χ3n) is 2.77. The van der Waals surface area contributed by atoms with Crippen molar-refractivity contribution >= 4 is 23.4 Å². The van der Waals surface area contributed by atoms with Crippen LogP contribution < -0.4 is 10.6 Å². The van der Waals surface area contributed by atoms with Gasteiger partial charge in [0.1, 0.15) is 5.82 Å². The lowest BCUT2D eigenvalue weighted by molar-refractivity contribution is -0.122. The average Bonchev–Trinajstić information content (AvgIpc) is 2.35. The number of hydrogen-bond acceptors (Lipinski definition) is 2. The van der Waals surface area contributed by atoms with Crippen molar-refractivity contribution in [1.82, 2.24) is 10.6 Å². The molecule has 96 valence electrons. The standard InChI is InChI=1S/C12H12ClFN2O2/c13-7-1-3-10(14)9(5-7)12(18)16-8-2-4-11(17)15-6-8/h1,3,5,8H,2,4,6H2,(H,15,17)(H,16,18). The van der Waals surface area contributed by atoms with Crippen LogP contribution >= 0.6 is 11.6 Å². The molecule has 0 aromatic heterocycles. The van der Waals surface area contributed by atoms with Crippen molar-refractivity contribution in [3.63, 3.8) is 0 Å². The predicted octanol–water partition coefficient (Wildman–Crippen LogP) is 1.49. The van der Waals surface area contributed by atoms with Crippen LogP contribution in [0.1, 0.15) is 23.2 Å². The predicted molar refractivity (Wildman–Crippen MR) is 64.9 cm³/mol. The molecular weight excluding hydrogens is 259 g/mol. The minimum Gasteiger partial charge on any atom is -0.354 e. The highest BCUT2D eigenvalue weighted by Gasteiger charge is 2.21. The van der Waals surface area contributed by atoms with E-state index in [0.29, 0.717) is 24.4 Å². The van der Waals surface area contributed by atoms with Crippen molar-refractivity contribution in [3.05, 3.63) is 34.6 Å². The molecule has 1 unspecified atom stereocenters. The Hall–Kier alpha value is -1.62. The van der Waals surface area contributed by atoms with Crippen LogP contribution in [0, 0.1) is 5.82 Å². The molecule has 1 fully saturated rings. The molecule has 0 radical (unpaired) electrons. The zero-order chi connectivity index (χ0) is 13.1. The number of hydrogen-bond donors (Lipinski definition) is 2. The second kappa shape index (κ2) is 5.35. The van der Waals surface area contributed by atoms with E-state index in [4.69, 9.17) is 11.6 Å². The van der Waals surface area contributed by atoms with E-state index in [0.717, 1.165) is 6.07 Å². The summed E-state index contributed by atoms with van der Waals surface area (Å²) in [5, 5.41) is 5.62. The summed E-state index contributed by atoms with van der Waals surface area (Å²) in [4.78, 5) is 22.8. The maximum atomic E-state index is 13.4. The summed E-state index contributed by atoms with van der Waals surface area (Å²) in [7, 11) is 0. The van der Waals surface area contributed by atoms with Gasteiger partial charge in [-0.05, 0) is 24.6 Å². The number of carbonyl (C=O) groups is 2. The smallest absolute Gasteiger partial charge is 0.254 e. The Morgan fingerprint density at radius 1 is 1.50 bits per heavy atom. The molecule has 1 saturated heterocycles. The SMILES string of the molecule is O=C1CCC(NC(=O)c2cc(Cl)ccc2F)CN1. The maximum absolute atomic E-state index is 13.4. The van der Waals surface area contributed by atoms with Crippen LogP contribution in [-0.2, 0) is 4.79 Å². The first kappa shape index (κ1) is 12.8. The summed E-state index contributed by atoms with van der Waals surface area (Å²) in [6.07, 6.45) is 0.919. The molecule has 1 aromatic carbocycles. The van der Waals surface area contributed by atoms with E-state index < -0.39 is 11.7 Å². The topological polar surface area (TPSA) is 58.2 Å². The lowest BCUT2D eigenvalue weighted by Crippen LogP contribution is -2.47. The Balaban J connectivity index is 2.03. The fourth-order valence-corrected chi connectivity index (χ4v) is 1.96. The highest BCUT2D eigenvalue weighted by molar-refractivity contribution is 6.31. The van der Waals surface area contributed by atoms with Gasteiger partial charge in [0, 0.05) is 24.0 Å². The van der Waals surface area contributed by atoms with Crippen LogP contribution in [0.25, 0.3) is 0 Å². The van der Waals surface area contributed by atoms with Crippen LogP contribution in [0.5, 0.6) is 0 Å². The summed E-state index contributed by atoms with van der Waals surface area (Å²) in [5.74, 6) is -1.16. The van der Waals surface area contributed by atoms with Crippen molar-refractivity contribution < 1.29 is 14.0 Å². The van der Waals surface area contributed by atoms with Crippen LogP contribution in [0.3, 0.4) is 0 Å². The third kappa shape index (κ3) is 2.98. The average molecular weight is 271 g/mol. The number of rotatable bonds is 2. The summed E-state index contributed by atoms with van der Waals surface area (Å²) in [5.41, 5.74) is -0.0839. The molecule has 4 nitrogen and oxygen atoms in total. The van der Waals surface area contributed by atoms with Crippen LogP contribution in [0.15, 0.2) is 18.2 Å². The van der Waals surface area contributed by atoms with Crippen LogP contribution in [-0.4, -0.2) is 24.4 Å². The number of amides is 2. The molecule has 1 aliphatic rings. The van der Waals surface area contributed by atoms with E-state index >= 15 is 0 Å². The fourth-order valence-electron chi connectivity index (χ4n) is 1.79. The molecule has 2 amide bonds. The van der Waals surface area contributed by atoms with Gasteiger partial charge in [-0.15, -0.1) is 0 Å². The molecule has 0 aliphatic carbocycles. The van der Waals surface area contributed by atoms with Crippen LogP contribution in [0.4, 0.5) is 4.39 Å². The summed E-state index contributed by atoms with van der Waals surface area (Å²) >= 11 is 5.72. The molecule has 1 atom stereocenters. The molecule has 18 heavy (non-hydrogen) atoms. The van der Waals surface area contributed by atoms with Gasteiger partial charge in [-0.25, -0.2) is 4.39 Å². The van der Waals surface area contributed by atoms with E-state index in [-0.39, 0.29) is 17.5 Å². The normalized spacial score (nSPS) is 19.2. The number of carbonyl (C=O) groups excluding carboxylic acids is 2. The van der Waals surface area contributed by atoms with Crippen molar-refractivity contribution in [2.75, 3.05) is 6.54 Å². The van der Waals surface area contributed by atoms with Gasteiger partial charge in [0.05, 0.1) is 5.56 Å². The molecule has 0 spiro atoms. The van der Waals surface area contributed by atoms with Gasteiger partial charge in [0.25, 0.3) is 5.91 Å². The van der Waals surface area contributed by atoms with Gasteiger partial charge < -0.3 is 10.6 Å². The zero-order valence-electron chi connectivity index (χ0n) is 9.50. The molecular formula is C12H12ClFN2O2. The monoisotopic (exact) mass is 270 g/mol. The number of benzene rings is 1. The Morgan fingerprint density at radius 3 is 2.94 bits per heavy atom. The van der Waals surface area contributed by atoms with E-state index in [1.165, 1.54) is 12.1 Å². The van der Waals surface area contributed by atoms with E-state index in [9.17, 15) is 14.0 Å². The van der Waals surface area contributed by atoms with Crippen molar-refractivity contribution in [1.29, 1.82) is 0 Å². The third-order valence-corrected chi connectivity index (χ3v) is 3.01. The lowest BCUT2D eigenvalue weighted by atomic mass is 10.1. The van der Waals surface area contributed by atoms with E-state index in [1.54, 1.807) is 0 Å². The zero-order valence-corrected chi connectivity index (χ0v) is 10.3. The Morgan fingerprint density at radius 2 is 2.28 bits per heavy atom. The van der Waals surface area contributed by atoms with Crippen molar-refractivity contribution in [3.8, 4) is 0 Å². The molecule has 0 bridgehead atoms. The molecule has 1 aromatic rings. The first-order valence-corrected chi connectivity index (χ1v) is 5.96. The van der Waals surface area contributed by atoms with E-state index in [1.807, 2.05) is 0 Å². The summed E-state index contributed by atoms with van der Waals surface area (Å²) in [6, 6.07) is 3.65. The molecule has 1 heterocycles. The van der Waals surface area contributed by atoms with Crippen molar-refractivity contribution in [2.45, 2.75) is 18.9 Å². The summed E-state index contributed by atoms with van der Waals surface area (Å²) < 4.78 is 13.4. The number of piperidine rings is 1. The summed E-state index contributed by atoms with van der Waals surface area (Å²) in [6.45, 7) is 0.368. The number of nitrogens with one attached hydrogen (secondary N) is 2. The van der Waals surface area contributed by atoms with Gasteiger partial charge in [-0.1, -0.05) is 11.6 Å². The second-order valence-corrected chi connectivity index (χ2v) is 4.57. The van der Waals surface area contributed by atoms with Gasteiger partial charge in [0.15, 0.2) is 0 Å². The highest BCUT2D eigenvalue weighted by Crippen LogP contribution is 2.15. The first-order chi connectivity index (χ1) is 8.56. The fraction of sp³-hybridized carbons (Fsp3) is 0.333. The minimum absolute atomic E-state index is 0.0329. The molecule has 2 rings (SSSR count). The van der Waals surface area contributed by atoms with Gasteiger partial charge in [0.2, 0.25) is 5.91 Å². The Bertz CT molecular complexity index is 483. The highest BCUT2D eigenvalue weighted by atomic mass is 35.5. The Kier molecular flexibility index (Phi) is 3.81. The van der Waals surface area contributed by atoms with Gasteiger partial charge in [-0.2, -0.15) is 0 Å². The minimum atomic E-state index is -0.614. The van der Waals surface area contributed by atoms with Crippen molar-refractivity contribution in [2.24, 2.45) is 0 Å². The molecule has 6 heteroatoms. The van der Waals surface area contributed by atoms with E-state index in [2.05, 4.69) is 10.6 Å². The molecule has 2 N–H and O–H groups in total. The second-order valence-electron chi connectivity index (χ2n) is 4.14. The lowest BCUT2D eigenvalue weighted by Gasteiger charge is -2.23. The Labute approximate surface area is 109 Å².